The predicted molar refractivity (Wildman–Crippen MR) is 113 cm³/mol. The van der Waals surface area contributed by atoms with E-state index in [4.69, 9.17) is 15.0 Å². The maximum atomic E-state index is 13.1. The van der Waals surface area contributed by atoms with Gasteiger partial charge in [-0.15, -0.1) is 0 Å². The average molecular weight is 379 g/mol. The van der Waals surface area contributed by atoms with Gasteiger partial charge in [-0.1, -0.05) is 54.6 Å². The quantitative estimate of drug-likeness (QED) is 0.526. The molecule has 0 aliphatic carbocycles. The summed E-state index contributed by atoms with van der Waals surface area (Å²) in [5, 5.41) is 12.4. The van der Waals surface area contributed by atoms with Crippen LogP contribution in [-0.2, 0) is 0 Å². The van der Waals surface area contributed by atoms with E-state index in [2.05, 4.69) is 5.32 Å². The molecule has 4 aromatic rings. The van der Waals surface area contributed by atoms with E-state index < -0.39 is 0 Å². The number of hydrogen-bond donors (Lipinski definition) is 1. The van der Waals surface area contributed by atoms with Crippen molar-refractivity contribution in [3.05, 3.63) is 90.5 Å². The molecular formula is C24H17N3O2. The number of aromatic nitrogens is 1. The summed E-state index contributed by atoms with van der Waals surface area (Å²) in [6, 6.07) is 28.1. The van der Waals surface area contributed by atoms with Crippen LogP contribution in [0.25, 0.3) is 22.2 Å². The van der Waals surface area contributed by atoms with Gasteiger partial charge in [0.05, 0.1) is 16.8 Å². The summed E-state index contributed by atoms with van der Waals surface area (Å²) in [5.41, 5.74) is 3.57. The van der Waals surface area contributed by atoms with Gasteiger partial charge < -0.3 is 10.1 Å². The molecule has 140 valence electrons. The van der Waals surface area contributed by atoms with Crippen LogP contribution in [0.5, 0.6) is 5.75 Å². The fourth-order valence-corrected chi connectivity index (χ4v) is 3.10. The van der Waals surface area contributed by atoms with E-state index in [1.807, 2.05) is 66.7 Å². The van der Waals surface area contributed by atoms with Crippen LogP contribution in [0.4, 0.5) is 5.69 Å². The van der Waals surface area contributed by atoms with E-state index in [0.717, 1.165) is 22.2 Å². The Bertz CT molecular complexity index is 1210. The Hall–Kier alpha value is -4.17. The Morgan fingerprint density at radius 3 is 2.59 bits per heavy atom. The van der Waals surface area contributed by atoms with E-state index in [1.54, 1.807) is 24.3 Å². The smallest absolute Gasteiger partial charge is 0.256 e. The molecule has 0 bridgehead atoms. The maximum absolute atomic E-state index is 13.1. The highest BCUT2D eigenvalue weighted by Crippen LogP contribution is 2.26. The van der Waals surface area contributed by atoms with Crippen LogP contribution in [-0.4, -0.2) is 17.5 Å². The fourth-order valence-electron chi connectivity index (χ4n) is 3.10. The first-order chi connectivity index (χ1) is 14.2. The third-order valence-electron chi connectivity index (χ3n) is 4.43. The molecule has 0 spiro atoms. The van der Waals surface area contributed by atoms with Crippen molar-refractivity contribution in [1.29, 1.82) is 5.26 Å². The molecule has 5 nitrogen and oxygen atoms in total. The average Bonchev–Trinajstić information content (AvgIpc) is 2.77. The number of carbonyl (C=O) groups excluding carboxylic acids is 1. The van der Waals surface area contributed by atoms with E-state index >= 15 is 0 Å². The minimum absolute atomic E-state index is 0.0488. The Morgan fingerprint density at radius 2 is 1.76 bits per heavy atom. The van der Waals surface area contributed by atoms with E-state index in [9.17, 15) is 4.79 Å². The van der Waals surface area contributed by atoms with Gasteiger partial charge in [-0.05, 0) is 24.3 Å². The third-order valence-corrected chi connectivity index (χ3v) is 4.43. The summed E-state index contributed by atoms with van der Waals surface area (Å²) in [7, 11) is 0. The SMILES string of the molecule is N#CCOc1cccc(NC(=O)c2cc(-c3ccccc3)nc3ccccc23)c1. The third kappa shape index (κ3) is 4.07. The number of rotatable bonds is 5. The zero-order valence-corrected chi connectivity index (χ0v) is 15.5. The predicted octanol–water partition coefficient (Wildman–Crippen LogP) is 5.06. The number of nitrogens with zero attached hydrogens (tertiary/aromatic N) is 2. The number of carbonyl (C=O) groups is 1. The topological polar surface area (TPSA) is 75.0 Å². The molecule has 0 aliphatic heterocycles. The number of para-hydroxylation sites is 1. The van der Waals surface area contributed by atoms with Gasteiger partial charge in [0.2, 0.25) is 0 Å². The number of nitrogens with one attached hydrogen (secondary N) is 1. The number of amides is 1. The molecule has 1 amide bonds. The molecule has 0 fully saturated rings. The van der Waals surface area contributed by atoms with Crippen molar-refractivity contribution in [2.75, 3.05) is 11.9 Å². The van der Waals surface area contributed by atoms with Crippen molar-refractivity contribution in [3.8, 4) is 23.1 Å². The zero-order valence-electron chi connectivity index (χ0n) is 15.5. The number of nitriles is 1. The molecule has 0 unspecified atom stereocenters. The van der Waals surface area contributed by atoms with Crippen molar-refractivity contribution < 1.29 is 9.53 Å². The molecule has 29 heavy (non-hydrogen) atoms. The summed E-state index contributed by atoms with van der Waals surface area (Å²) >= 11 is 0. The molecule has 5 heteroatoms. The maximum Gasteiger partial charge on any atom is 0.256 e. The molecule has 0 saturated heterocycles. The standard InChI is InChI=1S/C24H17N3O2/c25-13-14-29-19-10-6-9-18(15-19)26-24(28)21-16-23(17-7-2-1-3-8-17)27-22-12-5-4-11-20(21)22/h1-12,15-16H,14H2,(H,26,28). The normalized spacial score (nSPS) is 10.3. The number of anilines is 1. The lowest BCUT2D eigenvalue weighted by Crippen LogP contribution is -2.13. The van der Waals surface area contributed by atoms with Crippen LogP contribution in [0, 0.1) is 11.3 Å². The first-order valence-electron chi connectivity index (χ1n) is 9.11. The molecule has 0 radical (unpaired) electrons. The number of fused-ring (bicyclic) bond motifs is 1. The Kier molecular flexibility index (Phi) is 5.17. The minimum Gasteiger partial charge on any atom is -0.479 e. The lowest BCUT2D eigenvalue weighted by atomic mass is 10.0. The van der Waals surface area contributed by atoms with Gasteiger partial charge >= 0.3 is 0 Å². The number of benzene rings is 3. The molecule has 4 rings (SSSR count). The molecule has 1 aromatic heterocycles. The van der Waals surface area contributed by atoms with Gasteiger partial charge in [0.15, 0.2) is 6.61 Å². The molecule has 0 atom stereocenters. The summed E-state index contributed by atoms with van der Waals surface area (Å²) in [4.78, 5) is 17.8. The van der Waals surface area contributed by atoms with Crippen molar-refractivity contribution >= 4 is 22.5 Å². The number of ether oxygens (including phenoxy) is 1. The first kappa shape index (κ1) is 18.2. The van der Waals surface area contributed by atoms with Crippen molar-refractivity contribution in [2.24, 2.45) is 0 Å². The summed E-state index contributed by atoms with van der Waals surface area (Å²) in [6.07, 6.45) is 0. The highest BCUT2D eigenvalue weighted by Gasteiger charge is 2.14. The van der Waals surface area contributed by atoms with Crippen LogP contribution in [0.3, 0.4) is 0 Å². The van der Waals surface area contributed by atoms with E-state index in [0.29, 0.717) is 17.0 Å². The van der Waals surface area contributed by atoms with Crippen molar-refractivity contribution in [2.45, 2.75) is 0 Å². The van der Waals surface area contributed by atoms with Crippen molar-refractivity contribution in [3.63, 3.8) is 0 Å². The van der Waals surface area contributed by atoms with Gasteiger partial charge in [0.25, 0.3) is 5.91 Å². The van der Waals surface area contributed by atoms with Gasteiger partial charge in [-0.2, -0.15) is 5.26 Å². The second kappa shape index (κ2) is 8.24. The Balaban J connectivity index is 1.71. The Morgan fingerprint density at radius 1 is 0.966 bits per heavy atom. The molecular weight excluding hydrogens is 362 g/mol. The molecule has 3 aromatic carbocycles. The number of pyridine rings is 1. The largest absolute Gasteiger partial charge is 0.479 e. The number of hydrogen-bond acceptors (Lipinski definition) is 4. The molecule has 0 aliphatic rings. The van der Waals surface area contributed by atoms with E-state index in [-0.39, 0.29) is 12.5 Å². The van der Waals surface area contributed by atoms with Gasteiger partial charge in [0, 0.05) is 22.7 Å². The van der Waals surface area contributed by atoms with Crippen LogP contribution >= 0.6 is 0 Å². The van der Waals surface area contributed by atoms with Crippen LogP contribution < -0.4 is 10.1 Å². The zero-order chi connectivity index (χ0) is 20.1. The summed E-state index contributed by atoms with van der Waals surface area (Å²) in [5.74, 6) is 0.284. The molecule has 0 saturated carbocycles. The fraction of sp³-hybridized carbons (Fsp3) is 0.0417. The summed E-state index contributed by atoms with van der Waals surface area (Å²) in [6.45, 7) is -0.0488. The van der Waals surface area contributed by atoms with E-state index in [1.165, 1.54) is 0 Å². The van der Waals surface area contributed by atoms with Crippen LogP contribution in [0.1, 0.15) is 10.4 Å². The first-order valence-corrected chi connectivity index (χ1v) is 9.11. The molecule has 1 heterocycles. The van der Waals surface area contributed by atoms with Crippen molar-refractivity contribution in [1.82, 2.24) is 4.98 Å². The second-order valence-corrected chi connectivity index (χ2v) is 6.37. The monoisotopic (exact) mass is 379 g/mol. The minimum atomic E-state index is -0.238. The van der Waals surface area contributed by atoms with Gasteiger partial charge in [-0.3, -0.25) is 4.79 Å². The summed E-state index contributed by atoms with van der Waals surface area (Å²) < 4.78 is 5.31. The Labute approximate surface area is 168 Å². The van der Waals surface area contributed by atoms with Crippen LogP contribution in [0.2, 0.25) is 0 Å². The van der Waals surface area contributed by atoms with Gasteiger partial charge in [0.1, 0.15) is 11.8 Å². The highest BCUT2D eigenvalue weighted by atomic mass is 16.5. The van der Waals surface area contributed by atoms with Crippen LogP contribution in [0.15, 0.2) is 84.9 Å². The second-order valence-electron chi connectivity index (χ2n) is 6.37. The molecule has 1 N–H and O–H groups in total. The lowest BCUT2D eigenvalue weighted by Gasteiger charge is -2.11. The lowest BCUT2D eigenvalue weighted by molar-refractivity contribution is 0.102. The highest BCUT2D eigenvalue weighted by molar-refractivity contribution is 6.13. The van der Waals surface area contributed by atoms with Gasteiger partial charge in [-0.25, -0.2) is 4.98 Å².